The largest absolute Gasteiger partial charge is 0.322 e. The van der Waals surface area contributed by atoms with Crippen LogP contribution in [0.4, 0.5) is 11.4 Å². The highest BCUT2D eigenvalue weighted by Gasteiger charge is 2.32. The van der Waals surface area contributed by atoms with E-state index in [-0.39, 0.29) is 5.91 Å². The summed E-state index contributed by atoms with van der Waals surface area (Å²) in [4.78, 5) is 16.9. The second kappa shape index (κ2) is 6.41. The number of nitrogens with zero attached hydrogens (tertiary/aromatic N) is 3. The molecule has 2 aromatic carbocycles. The highest BCUT2D eigenvalue weighted by molar-refractivity contribution is 6.05. The summed E-state index contributed by atoms with van der Waals surface area (Å²) in [5, 5.41) is 7.89. The summed E-state index contributed by atoms with van der Waals surface area (Å²) in [6, 6.07) is 16.0. The first-order valence-electron chi connectivity index (χ1n) is 10.4. The van der Waals surface area contributed by atoms with Crippen LogP contribution in [-0.2, 0) is 6.42 Å². The maximum Gasteiger partial charge on any atom is 0.255 e. The third-order valence-electron chi connectivity index (χ3n) is 6.00. The molecule has 5 nitrogen and oxygen atoms in total. The van der Waals surface area contributed by atoms with Gasteiger partial charge in [-0.25, -0.2) is 4.68 Å². The van der Waals surface area contributed by atoms with E-state index in [9.17, 15) is 4.79 Å². The van der Waals surface area contributed by atoms with E-state index in [1.54, 1.807) is 0 Å². The molecule has 3 aliphatic rings. The lowest BCUT2D eigenvalue weighted by Gasteiger charge is -2.10. The maximum atomic E-state index is 12.6. The van der Waals surface area contributed by atoms with Crippen LogP contribution in [0.1, 0.15) is 64.8 Å². The molecule has 0 bridgehead atoms. The van der Waals surface area contributed by atoms with Crippen molar-refractivity contribution >= 4 is 23.5 Å². The van der Waals surface area contributed by atoms with Crippen LogP contribution >= 0.6 is 0 Å². The van der Waals surface area contributed by atoms with E-state index in [2.05, 4.69) is 21.1 Å². The second-order valence-corrected chi connectivity index (χ2v) is 8.31. The molecule has 1 N–H and O–H groups in total. The fourth-order valence-corrected chi connectivity index (χ4v) is 4.02. The first-order valence-corrected chi connectivity index (χ1v) is 10.4. The summed E-state index contributed by atoms with van der Waals surface area (Å²) in [5.41, 5.74) is 7.15. The Hall–Kier alpha value is -3.21. The van der Waals surface area contributed by atoms with E-state index in [1.165, 1.54) is 37.1 Å². The second-order valence-electron chi connectivity index (χ2n) is 8.31. The van der Waals surface area contributed by atoms with E-state index in [4.69, 9.17) is 5.10 Å². The minimum absolute atomic E-state index is 0.0961. The third-order valence-corrected chi connectivity index (χ3v) is 6.00. The van der Waals surface area contributed by atoms with E-state index >= 15 is 0 Å². The smallest absolute Gasteiger partial charge is 0.255 e. The number of hydrogen-bond acceptors (Lipinski definition) is 3. The van der Waals surface area contributed by atoms with E-state index in [1.807, 2.05) is 48.7 Å². The number of anilines is 1. The molecule has 1 aromatic heterocycles. The van der Waals surface area contributed by atoms with Gasteiger partial charge in [0.05, 0.1) is 17.1 Å². The molecule has 0 saturated heterocycles. The molecule has 2 fully saturated rings. The molecular formula is C24H22N4O. The van der Waals surface area contributed by atoms with Gasteiger partial charge in [-0.15, -0.1) is 0 Å². The average Bonchev–Trinajstić information content (AvgIpc) is 3.68. The van der Waals surface area contributed by atoms with Crippen LogP contribution in [-0.4, -0.2) is 21.9 Å². The lowest BCUT2D eigenvalue weighted by atomic mass is 10.1. The monoisotopic (exact) mass is 382 g/mol. The number of aliphatic imine (C=N–C) groups is 1. The highest BCUT2D eigenvalue weighted by Crippen LogP contribution is 2.45. The molecule has 5 heteroatoms. The Balaban J connectivity index is 1.22. The van der Waals surface area contributed by atoms with Gasteiger partial charge in [-0.3, -0.25) is 9.79 Å². The van der Waals surface area contributed by atoms with Crippen LogP contribution in [0.25, 0.3) is 5.69 Å². The van der Waals surface area contributed by atoms with Crippen molar-refractivity contribution in [2.75, 3.05) is 5.32 Å². The van der Waals surface area contributed by atoms with Gasteiger partial charge in [0.15, 0.2) is 0 Å². The predicted molar refractivity (Wildman–Crippen MR) is 114 cm³/mol. The molecular weight excluding hydrogens is 360 g/mol. The van der Waals surface area contributed by atoms with Crippen LogP contribution in [0.2, 0.25) is 0 Å². The fraction of sp³-hybridized carbons (Fsp3) is 0.292. The Bertz CT molecular complexity index is 1130. The van der Waals surface area contributed by atoms with E-state index in [0.29, 0.717) is 17.4 Å². The van der Waals surface area contributed by atoms with Gasteiger partial charge in [0, 0.05) is 41.4 Å². The molecule has 2 aliphatic carbocycles. The Labute approximate surface area is 169 Å². The van der Waals surface area contributed by atoms with E-state index < -0.39 is 0 Å². The number of carbonyl (C=O) groups excluding carboxylic acids is 1. The SMILES string of the molecule is O=C(Nc1ccc(-n2nc(C3CC3)cc2C2CC2)cc1)c1ccc2c(c1)CC=N2. The number of hydrogen-bond donors (Lipinski definition) is 1. The summed E-state index contributed by atoms with van der Waals surface area (Å²) in [5.74, 6) is 1.21. The van der Waals surface area contributed by atoms with Gasteiger partial charge in [0.1, 0.15) is 0 Å². The van der Waals surface area contributed by atoms with Gasteiger partial charge in [-0.05, 0) is 79.8 Å². The number of fused-ring (bicyclic) bond motifs is 1. The van der Waals surface area contributed by atoms with Crippen molar-refractivity contribution in [2.45, 2.75) is 43.9 Å². The zero-order chi connectivity index (χ0) is 19.4. The minimum Gasteiger partial charge on any atom is -0.322 e. The predicted octanol–water partition coefficient (Wildman–Crippen LogP) is 5.14. The van der Waals surface area contributed by atoms with Gasteiger partial charge in [0.25, 0.3) is 5.91 Å². The molecule has 0 unspecified atom stereocenters. The summed E-state index contributed by atoms with van der Waals surface area (Å²) in [7, 11) is 0. The Morgan fingerprint density at radius 2 is 1.76 bits per heavy atom. The summed E-state index contributed by atoms with van der Waals surface area (Å²) in [6.45, 7) is 0. The molecule has 2 heterocycles. The summed E-state index contributed by atoms with van der Waals surface area (Å²) in [6.07, 6.45) is 7.72. The Morgan fingerprint density at radius 3 is 2.52 bits per heavy atom. The fourth-order valence-electron chi connectivity index (χ4n) is 4.02. The van der Waals surface area contributed by atoms with Crippen molar-refractivity contribution in [3.05, 3.63) is 71.0 Å². The number of amides is 1. The van der Waals surface area contributed by atoms with E-state index in [0.717, 1.165) is 29.0 Å². The van der Waals surface area contributed by atoms with Crippen molar-refractivity contribution in [2.24, 2.45) is 4.99 Å². The quantitative estimate of drug-likeness (QED) is 0.664. The Kier molecular flexibility index (Phi) is 3.69. The Morgan fingerprint density at radius 1 is 0.966 bits per heavy atom. The van der Waals surface area contributed by atoms with Crippen molar-refractivity contribution in [3.63, 3.8) is 0 Å². The number of aromatic nitrogens is 2. The third kappa shape index (κ3) is 3.16. The highest BCUT2D eigenvalue weighted by atomic mass is 16.1. The number of benzene rings is 2. The molecule has 0 spiro atoms. The van der Waals surface area contributed by atoms with Gasteiger partial charge in [-0.1, -0.05) is 0 Å². The van der Waals surface area contributed by atoms with Gasteiger partial charge in [0.2, 0.25) is 0 Å². The van der Waals surface area contributed by atoms with Crippen LogP contribution in [0.15, 0.2) is 53.5 Å². The molecule has 6 rings (SSSR count). The molecule has 0 radical (unpaired) electrons. The molecule has 2 saturated carbocycles. The van der Waals surface area contributed by atoms with Crippen LogP contribution in [0, 0.1) is 0 Å². The van der Waals surface area contributed by atoms with Gasteiger partial charge >= 0.3 is 0 Å². The van der Waals surface area contributed by atoms with Crippen LogP contribution in [0.3, 0.4) is 0 Å². The van der Waals surface area contributed by atoms with Crippen molar-refractivity contribution in [1.29, 1.82) is 0 Å². The van der Waals surface area contributed by atoms with Crippen molar-refractivity contribution in [1.82, 2.24) is 9.78 Å². The minimum atomic E-state index is -0.0961. The lowest BCUT2D eigenvalue weighted by molar-refractivity contribution is 0.102. The standard InChI is InChI=1S/C24H22N4O/c29-24(18-5-10-21-17(13-18)11-12-25-21)26-19-6-8-20(9-7-19)28-23(16-3-4-16)14-22(27-28)15-1-2-15/h5-10,12-16H,1-4,11H2,(H,26,29). The zero-order valence-corrected chi connectivity index (χ0v) is 16.1. The normalized spacial score (nSPS) is 17.4. The number of carbonyl (C=O) groups is 1. The average molecular weight is 382 g/mol. The maximum absolute atomic E-state index is 12.6. The van der Waals surface area contributed by atoms with Gasteiger partial charge in [-0.2, -0.15) is 5.10 Å². The van der Waals surface area contributed by atoms with Crippen LogP contribution in [0.5, 0.6) is 0 Å². The lowest BCUT2D eigenvalue weighted by Crippen LogP contribution is -2.12. The summed E-state index contributed by atoms with van der Waals surface area (Å²) < 4.78 is 2.11. The van der Waals surface area contributed by atoms with Gasteiger partial charge < -0.3 is 5.32 Å². The van der Waals surface area contributed by atoms with Crippen molar-refractivity contribution in [3.8, 4) is 5.69 Å². The molecule has 1 amide bonds. The number of nitrogens with one attached hydrogen (secondary N) is 1. The molecule has 1 aliphatic heterocycles. The first kappa shape index (κ1) is 16.7. The molecule has 3 aromatic rings. The zero-order valence-electron chi connectivity index (χ0n) is 16.1. The molecule has 0 atom stereocenters. The van der Waals surface area contributed by atoms with Crippen LogP contribution < -0.4 is 5.32 Å². The molecule has 29 heavy (non-hydrogen) atoms. The topological polar surface area (TPSA) is 59.3 Å². The number of rotatable bonds is 5. The summed E-state index contributed by atoms with van der Waals surface area (Å²) >= 11 is 0. The first-order chi connectivity index (χ1) is 14.2. The molecule has 144 valence electrons. The van der Waals surface area contributed by atoms with Crippen molar-refractivity contribution < 1.29 is 4.79 Å².